The lowest BCUT2D eigenvalue weighted by atomic mass is 9.90. The number of carbonyl (C=O) groups is 2. The molecule has 2 aromatic carbocycles. The maximum absolute atomic E-state index is 12.8. The third kappa shape index (κ3) is 3.81. The van der Waals surface area contributed by atoms with Gasteiger partial charge in [-0.3, -0.25) is 9.59 Å². The summed E-state index contributed by atoms with van der Waals surface area (Å²) in [6, 6.07) is 16.7. The van der Waals surface area contributed by atoms with Crippen molar-refractivity contribution in [2.45, 2.75) is 12.0 Å². The zero-order chi connectivity index (χ0) is 19.3. The summed E-state index contributed by atoms with van der Waals surface area (Å²) in [6.07, 6.45) is 7.92. The minimum atomic E-state index is -1.84. The highest BCUT2D eigenvalue weighted by Crippen LogP contribution is 2.42. The number of amides is 1. The second kappa shape index (κ2) is 7.98. The Morgan fingerprint density at radius 3 is 2.52 bits per heavy atom. The summed E-state index contributed by atoms with van der Waals surface area (Å²) < 4.78 is 0. The van der Waals surface area contributed by atoms with Crippen LogP contribution < -0.4 is 4.90 Å². The third-order valence-electron chi connectivity index (χ3n) is 4.46. The highest BCUT2D eigenvalue weighted by atomic mass is 16.3. The first-order valence-electron chi connectivity index (χ1n) is 8.73. The molecule has 1 amide bonds. The van der Waals surface area contributed by atoms with Crippen LogP contribution in [0.2, 0.25) is 0 Å². The highest BCUT2D eigenvalue weighted by Gasteiger charge is 2.50. The Morgan fingerprint density at radius 2 is 1.78 bits per heavy atom. The number of hydrogen-bond acceptors (Lipinski definition) is 3. The van der Waals surface area contributed by atoms with E-state index in [0.717, 1.165) is 5.56 Å². The maximum Gasteiger partial charge on any atom is 0.264 e. The minimum Gasteiger partial charge on any atom is -0.375 e. The van der Waals surface area contributed by atoms with Gasteiger partial charge in [-0.2, -0.15) is 0 Å². The second-order valence-corrected chi connectivity index (χ2v) is 6.35. The number of aliphatic hydroxyl groups is 1. The molecule has 1 aliphatic rings. The summed E-state index contributed by atoms with van der Waals surface area (Å²) in [6.45, 7) is 3.93. The molecule has 4 nitrogen and oxygen atoms in total. The zero-order valence-electron chi connectivity index (χ0n) is 14.9. The topological polar surface area (TPSA) is 57.6 Å². The largest absolute Gasteiger partial charge is 0.375 e. The van der Waals surface area contributed by atoms with Crippen molar-refractivity contribution in [3.8, 4) is 0 Å². The van der Waals surface area contributed by atoms with Gasteiger partial charge in [-0.25, -0.2) is 0 Å². The van der Waals surface area contributed by atoms with Crippen molar-refractivity contribution in [1.29, 1.82) is 0 Å². The van der Waals surface area contributed by atoms with Crippen LogP contribution in [0.15, 0.2) is 85.5 Å². The minimum absolute atomic E-state index is 0.280. The van der Waals surface area contributed by atoms with Crippen LogP contribution in [0, 0.1) is 0 Å². The molecule has 4 heteroatoms. The van der Waals surface area contributed by atoms with Crippen molar-refractivity contribution in [2.75, 3.05) is 11.4 Å². The molecule has 0 spiro atoms. The van der Waals surface area contributed by atoms with Gasteiger partial charge in [0.05, 0.1) is 12.1 Å². The summed E-state index contributed by atoms with van der Waals surface area (Å²) in [4.78, 5) is 26.6. The predicted molar refractivity (Wildman–Crippen MR) is 107 cm³/mol. The van der Waals surface area contributed by atoms with Crippen molar-refractivity contribution in [3.05, 3.63) is 96.6 Å². The lowest BCUT2D eigenvalue weighted by molar-refractivity contribution is -0.140. The van der Waals surface area contributed by atoms with Gasteiger partial charge in [0.1, 0.15) is 0 Å². The van der Waals surface area contributed by atoms with Gasteiger partial charge in [0, 0.05) is 12.1 Å². The molecule has 0 fully saturated rings. The van der Waals surface area contributed by atoms with E-state index in [1.165, 1.54) is 11.0 Å². The number of carbonyl (C=O) groups excluding carboxylic acids is 2. The molecule has 0 bridgehead atoms. The van der Waals surface area contributed by atoms with Gasteiger partial charge >= 0.3 is 0 Å². The summed E-state index contributed by atoms with van der Waals surface area (Å²) in [5.74, 6) is -0.816. The maximum atomic E-state index is 12.8. The predicted octanol–water partition coefficient (Wildman–Crippen LogP) is 3.64. The van der Waals surface area contributed by atoms with Gasteiger partial charge < -0.3 is 10.0 Å². The van der Waals surface area contributed by atoms with Crippen LogP contribution >= 0.6 is 0 Å². The normalized spacial score (nSPS) is 19.0. The number of anilines is 1. The van der Waals surface area contributed by atoms with Crippen molar-refractivity contribution in [2.24, 2.45) is 0 Å². The van der Waals surface area contributed by atoms with Gasteiger partial charge in [-0.1, -0.05) is 72.8 Å². The van der Waals surface area contributed by atoms with Gasteiger partial charge in [-0.15, -0.1) is 6.58 Å². The molecule has 0 radical (unpaired) electrons. The van der Waals surface area contributed by atoms with Crippen molar-refractivity contribution in [1.82, 2.24) is 0 Å². The number of nitrogens with zero attached hydrogens (tertiary/aromatic N) is 1. The van der Waals surface area contributed by atoms with Crippen LogP contribution in [-0.2, 0) is 15.2 Å². The fourth-order valence-corrected chi connectivity index (χ4v) is 3.19. The molecule has 1 N–H and O–H groups in total. The number of fused-ring (bicyclic) bond motifs is 1. The van der Waals surface area contributed by atoms with Crippen LogP contribution in [0.3, 0.4) is 0 Å². The number of ketones is 1. The number of benzene rings is 2. The molecular weight excluding hydrogens is 338 g/mol. The lowest BCUT2D eigenvalue weighted by Gasteiger charge is -2.21. The third-order valence-corrected chi connectivity index (χ3v) is 4.46. The van der Waals surface area contributed by atoms with Crippen LogP contribution in [-0.4, -0.2) is 23.3 Å². The van der Waals surface area contributed by atoms with Crippen LogP contribution in [0.25, 0.3) is 6.08 Å². The monoisotopic (exact) mass is 359 g/mol. The first-order valence-corrected chi connectivity index (χ1v) is 8.73. The van der Waals surface area contributed by atoms with Gasteiger partial charge in [0.2, 0.25) is 0 Å². The number of para-hydroxylation sites is 1. The average Bonchev–Trinajstić information content (AvgIpc) is 2.89. The van der Waals surface area contributed by atoms with Crippen LogP contribution in [0.4, 0.5) is 5.69 Å². The van der Waals surface area contributed by atoms with Gasteiger partial charge in [0.25, 0.3) is 5.91 Å². The molecule has 1 atom stereocenters. The van der Waals surface area contributed by atoms with E-state index < -0.39 is 11.5 Å². The van der Waals surface area contributed by atoms with Gasteiger partial charge in [-0.05, 0) is 17.7 Å². The van der Waals surface area contributed by atoms with E-state index in [2.05, 4.69) is 6.58 Å². The number of rotatable bonds is 7. The Balaban J connectivity index is 1.75. The molecule has 0 aliphatic carbocycles. The Labute approximate surface area is 158 Å². The standard InChI is InChI=1S/C23H21NO3/c1-2-16-24-21-15-9-8-14-20(21)23(27,22(24)26)17-19(25)13-7-6-12-18-10-4-3-5-11-18/h2-15,27H,1,16-17H2/b12-6+,13-7+/t23-/m0/s1. The molecule has 27 heavy (non-hydrogen) atoms. The molecule has 0 unspecified atom stereocenters. The van der Waals surface area contributed by atoms with Crippen molar-refractivity contribution in [3.63, 3.8) is 0 Å². The van der Waals surface area contributed by atoms with E-state index in [1.54, 1.807) is 42.5 Å². The Bertz CT molecular complexity index is 914. The smallest absolute Gasteiger partial charge is 0.264 e. The SMILES string of the molecule is C=CCN1C(=O)[C@](O)(CC(=O)/C=C/C=C/c2ccccc2)c2ccccc21. The van der Waals surface area contributed by atoms with Crippen LogP contribution in [0.1, 0.15) is 17.5 Å². The molecule has 0 aromatic heterocycles. The summed E-state index contributed by atoms with van der Waals surface area (Å²) in [5.41, 5.74) is 0.252. The summed E-state index contributed by atoms with van der Waals surface area (Å²) >= 11 is 0. The first kappa shape index (κ1) is 18.5. The second-order valence-electron chi connectivity index (χ2n) is 6.35. The molecular formula is C23H21NO3. The quantitative estimate of drug-likeness (QED) is 0.466. The Hall–Kier alpha value is -3.24. The highest BCUT2D eigenvalue weighted by molar-refractivity contribution is 6.10. The number of allylic oxidation sites excluding steroid dienone is 3. The van der Waals surface area contributed by atoms with E-state index >= 15 is 0 Å². The molecule has 3 rings (SSSR count). The van der Waals surface area contributed by atoms with Gasteiger partial charge in [0.15, 0.2) is 11.4 Å². The fraction of sp³-hybridized carbons (Fsp3) is 0.130. The van der Waals surface area contributed by atoms with Crippen molar-refractivity contribution < 1.29 is 14.7 Å². The Morgan fingerprint density at radius 1 is 1.07 bits per heavy atom. The summed E-state index contributed by atoms with van der Waals surface area (Å²) in [5, 5.41) is 11.0. The van der Waals surface area contributed by atoms with E-state index in [9.17, 15) is 14.7 Å². The van der Waals surface area contributed by atoms with E-state index in [-0.39, 0.29) is 18.7 Å². The van der Waals surface area contributed by atoms with E-state index in [4.69, 9.17) is 0 Å². The number of hydrogen-bond donors (Lipinski definition) is 1. The lowest BCUT2D eigenvalue weighted by Crippen LogP contribution is -2.41. The molecule has 1 heterocycles. The van der Waals surface area contributed by atoms with E-state index in [0.29, 0.717) is 11.3 Å². The average molecular weight is 359 g/mol. The fourth-order valence-electron chi connectivity index (χ4n) is 3.19. The molecule has 136 valence electrons. The van der Waals surface area contributed by atoms with E-state index in [1.807, 2.05) is 36.4 Å². The molecule has 1 aliphatic heterocycles. The first-order chi connectivity index (χ1) is 13.1. The zero-order valence-corrected chi connectivity index (χ0v) is 14.9. The summed E-state index contributed by atoms with van der Waals surface area (Å²) in [7, 11) is 0. The molecule has 0 saturated carbocycles. The molecule has 2 aromatic rings. The Kier molecular flexibility index (Phi) is 5.48. The van der Waals surface area contributed by atoms with Crippen molar-refractivity contribution >= 4 is 23.5 Å². The molecule has 0 saturated heterocycles. The van der Waals surface area contributed by atoms with Crippen LogP contribution in [0.5, 0.6) is 0 Å².